The number of nitrogens with two attached hydrogens (primary N) is 1. The van der Waals surface area contributed by atoms with Crippen LogP contribution in [0.2, 0.25) is 0 Å². The number of pyridine rings is 2. The minimum absolute atomic E-state index is 0.0569. The van der Waals surface area contributed by atoms with E-state index in [4.69, 9.17) is 10.5 Å². The van der Waals surface area contributed by atoms with Gasteiger partial charge in [0.15, 0.2) is 0 Å². The zero-order chi connectivity index (χ0) is 23.3. The molecule has 3 aromatic heterocycles. The fraction of sp³-hybridized carbons (Fsp3) is 0.400. The molecule has 0 saturated carbocycles. The molecule has 172 valence electrons. The standard InChI is InChI=1S/C25H29N5O3/c1-14(2)33-20-7-5-16(10-28-20)19-8-18-15(9-27-19)4-6-17-21(24(31)32)23(29-22(17)18)25(11-26)12-30(3)13-25/h5,7-10,14,29H,4,6,11-13,26H2,1-3H3,(H,31,32). The fourth-order valence-corrected chi connectivity index (χ4v) is 5.20. The first-order chi connectivity index (χ1) is 15.8. The van der Waals surface area contributed by atoms with Crippen LogP contribution in [0.15, 0.2) is 30.6 Å². The molecule has 33 heavy (non-hydrogen) atoms. The number of nitrogens with one attached hydrogen (secondary N) is 1. The van der Waals surface area contributed by atoms with Gasteiger partial charge in [-0.25, -0.2) is 9.78 Å². The van der Waals surface area contributed by atoms with Gasteiger partial charge in [-0.1, -0.05) is 0 Å². The smallest absolute Gasteiger partial charge is 0.337 e. The molecule has 0 unspecified atom stereocenters. The van der Waals surface area contributed by atoms with Crippen LogP contribution in [0.25, 0.3) is 22.5 Å². The maximum atomic E-state index is 12.3. The van der Waals surface area contributed by atoms with Crippen LogP contribution in [-0.4, -0.2) is 63.7 Å². The fourth-order valence-electron chi connectivity index (χ4n) is 5.20. The summed E-state index contributed by atoms with van der Waals surface area (Å²) < 4.78 is 5.64. The Morgan fingerprint density at radius 1 is 1.27 bits per heavy atom. The Balaban J connectivity index is 1.58. The number of carboxylic acid groups (broad SMARTS) is 1. The van der Waals surface area contributed by atoms with E-state index in [2.05, 4.69) is 19.9 Å². The number of likely N-dealkylation sites (tertiary alicyclic amines) is 1. The van der Waals surface area contributed by atoms with Crippen LogP contribution in [0.5, 0.6) is 5.88 Å². The number of carbonyl (C=O) groups is 1. The molecule has 2 aliphatic rings. The topological polar surface area (TPSA) is 117 Å². The Morgan fingerprint density at radius 3 is 2.67 bits per heavy atom. The highest BCUT2D eigenvalue weighted by atomic mass is 16.5. The number of aromatic nitrogens is 3. The number of aryl methyl sites for hydroxylation is 1. The van der Waals surface area contributed by atoms with Gasteiger partial charge in [0, 0.05) is 60.3 Å². The summed E-state index contributed by atoms with van der Waals surface area (Å²) in [6, 6.07) is 5.82. The second-order valence-corrected chi connectivity index (χ2v) is 9.47. The summed E-state index contributed by atoms with van der Waals surface area (Å²) in [7, 11) is 2.02. The van der Waals surface area contributed by atoms with E-state index in [1.54, 1.807) is 6.20 Å². The van der Waals surface area contributed by atoms with Crippen molar-refractivity contribution < 1.29 is 14.6 Å². The molecule has 0 amide bonds. The predicted molar refractivity (Wildman–Crippen MR) is 126 cm³/mol. The van der Waals surface area contributed by atoms with Gasteiger partial charge < -0.3 is 25.5 Å². The van der Waals surface area contributed by atoms with E-state index in [1.807, 2.05) is 45.3 Å². The van der Waals surface area contributed by atoms with Crippen molar-refractivity contribution in [2.45, 2.75) is 38.2 Å². The number of rotatable bonds is 6. The molecule has 1 fully saturated rings. The second-order valence-electron chi connectivity index (χ2n) is 9.47. The van der Waals surface area contributed by atoms with Gasteiger partial charge in [0.05, 0.1) is 23.1 Å². The van der Waals surface area contributed by atoms with Gasteiger partial charge in [-0.3, -0.25) is 4.98 Å². The number of H-pyrrole nitrogens is 1. The van der Waals surface area contributed by atoms with E-state index in [1.165, 1.54) is 0 Å². The SMILES string of the molecule is CC(C)Oc1ccc(-c2cc3c(cn2)CCc2c-3[nH]c(C3(CN)CN(C)C3)c2C(=O)O)cn1. The molecule has 3 aromatic rings. The summed E-state index contributed by atoms with van der Waals surface area (Å²) in [5.41, 5.74) is 12.5. The van der Waals surface area contributed by atoms with Gasteiger partial charge in [-0.15, -0.1) is 0 Å². The summed E-state index contributed by atoms with van der Waals surface area (Å²) >= 11 is 0. The van der Waals surface area contributed by atoms with Gasteiger partial charge in [-0.2, -0.15) is 0 Å². The Hall–Kier alpha value is -3.23. The van der Waals surface area contributed by atoms with Gasteiger partial charge in [0.2, 0.25) is 5.88 Å². The normalized spacial score (nSPS) is 16.8. The third-order valence-electron chi connectivity index (χ3n) is 6.67. The van der Waals surface area contributed by atoms with Gasteiger partial charge in [0.25, 0.3) is 0 Å². The lowest BCUT2D eigenvalue weighted by Crippen LogP contribution is -2.61. The number of likely N-dealkylation sites (N-methyl/N-ethyl adjacent to an activating group) is 1. The van der Waals surface area contributed by atoms with E-state index in [9.17, 15) is 9.90 Å². The Bertz CT molecular complexity index is 1210. The third kappa shape index (κ3) is 3.59. The molecule has 0 spiro atoms. The number of carboxylic acids is 1. The summed E-state index contributed by atoms with van der Waals surface area (Å²) in [6.07, 6.45) is 5.12. The van der Waals surface area contributed by atoms with E-state index in [0.717, 1.165) is 58.8 Å². The van der Waals surface area contributed by atoms with Crippen LogP contribution in [0.1, 0.15) is 41.0 Å². The highest BCUT2D eigenvalue weighted by molar-refractivity contribution is 5.95. The average Bonchev–Trinajstić information content (AvgIpc) is 3.17. The molecule has 0 bridgehead atoms. The van der Waals surface area contributed by atoms with E-state index < -0.39 is 5.97 Å². The first kappa shape index (κ1) is 21.6. The molecular formula is C25H29N5O3. The minimum Gasteiger partial charge on any atom is -0.478 e. The molecule has 1 aliphatic carbocycles. The molecular weight excluding hydrogens is 418 g/mol. The quantitative estimate of drug-likeness (QED) is 0.532. The molecule has 4 N–H and O–H groups in total. The monoisotopic (exact) mass is 447 g/mol. The molecule has 4 heterocycles. The van der Waals surface area contributed by atoms with Crippen LogP contribution >= 0.6 is 0 Å². The molecule has 0 aromatic carbocycles. The van der Waals surface area contributed by atoms with Crippen molar-refractivity contribution in [2.75, 3.05) is 26.7 Å². The summed E-state index contributed by atoms with van der Waals surface area (Å²) in [5.74, 6) is -0.320. The van der Waals surface area contributed by atoms with Crippen molar-refractivity contribution in [3.05, 3.63) is 53.0 Å². The minimum atomic E-state index is -0.896. The largest absolute Gasteiger partial charge is 0.478 e. The number of aromatic amines is 1. The molecule has 1 saturated heterocycles. The lowest BCUT2D eigenvalue weighted by molar-refractivity contribution is 0.0672. The molecule has 8 heteroatoms. The highest BCUT2D eigenvalue weighted by Crippen LogP contribution is 2.43. The van der Waals surface area contributed by atoms with E-state index in [0.29, 0.717) is 24.4 Å². The predicted octanol–water partition coefficient (Wildman–Crippen LogP) is 2.86. The lowest BCUT2D eigenvalue weighted by Gasteiger charge is -2.48. The van der Waals surface area contributed by atoms with Crippen molar-refractivity contribution in [2.24, 2.45) is 5.73 Å². The maximum absolute atomic E-state index is 12.3. The number of ether oxygens (including phenoxy) is 1. The zero-order valence-electron chi connectivity index (χ0n) is 19.2. The molecule has 0 radical (unpaired) electrons. The number of hydrogen-bond donors (Lipinski definition) is 3. The van der Waals surface area contributed by atoms with Gasteiger partial charge in [0.1, 0.15) is 0 Å². The van der Waals surface area contributed by atoms with Crippen LogP contribution in [0, 0.1) is 0 Å². The molecule has 0 atom stereocenters. The van der Waals surface area contributed by atoms with Crippen LogP contribution in [0.4, 0.5) is 0 Å². The third-order valence-corrected chi connectivity index (χ3v) is 6.67. The Labute approximate surface area is 192 Å². The van der Waals surface area contributed by atoms with Gasteiger partial charge in [-0.05, 0) is 57.0 Å². The van der Waals surface area contributed by atoms with Crippen LogP contribution in [0.3, 0.4) is 0 Å². The van der Waals surface area contributed by atoms with Crippen LogP contribution in [-0.2, 0) is 18.3 Å². The van der Waals surface area contributed by atoms with Crippen LogP contribution < -0.4 is 10.5 Å². The van der Waals surface area contributed by atoms with E-state index in [-0.39, 0.29) is 11.5 Å². The van der Waals surface area contributed by atoms with Crippen molar-refractivity contribution in [3.8, 4) is 28.4 Å². The Morgan fingerprint density at radius 2 is 2.06 bits per heavy atom. The second kappa shape index (κ2) is 7.97. The molecule has 8 nitrogen and oxygen atoms in total. The Kier molecular flexibility index (Phi) is 5.22. The van der Waals surface area contributed by atoms with Crippen molar-refractivity contribution in [1.29, 1.82) is 0 Å². The number of aromatic carboxylic acids is 1. The van der Waals surface area contributed by atoms with Crippen molar-refractivity contribution in [3.63, 3.8) is 0 Å². The maximum Gasteiger partial charge on any atom is 0.337 e. The highest BCUT2D eigenvalue weighted by Gasteiger charge is 2.46. The van der Waals surface area contributed by atoms with E-state index >= 15 is 0 Å². The first-order valence-electron chi connectivity index (χ1n) is 11.3. The first-order valence-corrected chi connectivity index (χ1v) is 11.3. The summed E-state index contributed by atoms with van der Waals surface area (Å²) in [5, 5.41) is 10.1. The van der Waals surface area contributed by atoms with Crippen molar-refractivity contribution in [1.82, 2.24) is 19.9 Å². The summed E-state index contributed by atoms with van der Waals surface area (Å²) in [4.78, 5) is 27.1. The number of fused-ring (bicyclic) bond motifs is 3. The lowest BCUT2D eigenvalue weighted by atomic mass is 9.75. The number of nitrogens with zero attached hydrogens (tertiary/aromatic N) is 3. The molecule has 5 rings (SSSR count). The number of hydrogen-bond acceptors (Lipinski definition) is 6. The van der Waals surface area contributed by atoms with Crippen molar-refractivity contribution >= 4 is 5.97 Å². The summed E-state index contributed by atoms with van der Waals surface area (Å²) in [6.45, 7) is 5.82. The van der Waals surface area contributed by atoms with Gasteiger partial charge >= 0.3 is 5.97 Å². The molecule has 1 aliphatic heterocycles. The zero-order valence-corrected chi connectivity index (χ0v) is 19.2. The average molecular weight is 448 g/mol.